The van der Waals surface area contributed by atoms with Crippen LogP contribution in [-0.4, -0.2) is 11.8 Å². The molecule has 2 amide bonds. The molecular formula is C15H10N2O4. The number of carbonyl (C=O) groups is 2. The van der Waals surface area contributed by atoms with Crippen LogP contribution in [0.1, 0.15) is 20.7 Å². The van der Waals surface area contributed by atoms with Gasteiger partial charge in [-0.05, 0) is 30.3 Å². The van der Waals surface area contributed by atoms with Crippen molar-refractivity contribution in [3.05, 3.63) is 57.7 Å². The third-order valence-corrected chi connectivity index (χ3v) is 3.25. The number of rotatable bonds is 2. The zero-order chi connectivity index (χ0) is 15.1. The molecule has 6 nitrogen and oxygen atoms in total. The van der Waals surface area contributed by atoms with Crippen molar-refractivity contribution in [3.63, 3.8) is 0 Å². The van der Waals surface area contributed by atoms with E-state index >= 15 is 0 Å². The van der Waals surface area contributed by atoms with E-state index in [0.29, 0.717) is 0 Å². The molecule has 0 radical (unpaired) electrons. The summed E-state index contributed by atoms with van der Waals surface area (Å²) in [6.45, 7) is 0. The van der Waals surface area contributed by atoms with Crippen molar-refractivity contribution in [1.29, 1.82) is 0 Å². The van der Waals surface area contributed by atoms with Gasteiger partial charge in [-0.25, -0.2) is 0 Å². The highest BCUT2D eigenvalue weighted by molar-refractivity contribution is 6.06. The second-order valence-corrected chi connectivity index (χ2v) is 4.55. The summed E-state index contributed by atoms with van der Waals surface area (Å²) in [5.74, 6) is -1.32. The number of hydrogen-bond acceptors (Lipinski definition) is 4. The molecule has 0 aliphatic heterocycles. The van der Waals surface area contributed by atoms with Gasteiger partial charge in [-0.15, -0.1) is 0 Å². The molecule has 0 unspecified atom stereocenters. The lowest BCUT2D eigenvalue weighted by Gasteiger charge is -2.05. The Bertz CT molecular complexity index is 966. The minimum atomic E-state index is -0.683. The third kappa shape index (κ3) is 1.93. The maximum Gasteiger partial charge on any atom is 0.252 e. The number of benzene rings is 2. The Labute approximate surface area is 117 Å². The van der Waals surface area contributed by atoms with Crippen LogP contribution >= 0.6 is 0 Å². The highest BCUT2D eigenvalue weighted by Gasteiger charge is 2.14. The molecule has 0 aliphatic carbocycles. The van der Waals surface area contributed by atoms with E-state index < -0.39 is 11.8 Å². The fraction of sp³-hybridized carbons (Fsp3) is 0. The smallest absolute Gasteiger partial charge is 0.252 e. The van der Waals surface area contributed by atoms with E-state index in [-0.39, 0.29) is 38.5 Å². The second kappa shape index (κ2) is 4.45. The molecule has 4 N–H and O–H groups in total. The Hall–Kier alpha value is -3.15. The Balaban J connectivity index is 2.49. The van der Waals surface area contributed by atoms with E-state index in [2.05, 4.69) is 0 Å². The van der Waals surface area contributed by atoms with Gasteiger partial charge < -0.3 is 15.9 Å². The molecule has 2 aromatic carbocycles. The van der Waals surface area contributed by atoms with Crippen molar-refractivity contribution in [1.82, 2.24) is 0 Å². The predicted octanol–water partition coefficient (Wildman–Crippen LogP) is 1.14. The molecule has 0 spiro atoms. The summed E-state index contributed by atoms with van der Waals surface area (Å²) in [7, 11) is 0. The summed E-state index contributed by atoms with van der Waals surface area (Å²) in [6.07, 6.45) is 0. The largest absolute Gasteiger partial charge is 0.455 e. The Morgan fingerprint density at radius 2 is 1.71 bits per heavy atom. The fourth-order valence-electron chi connectivity index (χ4n) is 2.22. The molecule has 21 heavy (non-hydrogen) atoms. The van der Waals surface area contributed by atoms with Gasteiger partial charge in [0.15, 0.2) is 5.58 Å². The van der Waals surface area contributed by atoms with Crippen LogP contribution in [-0.2, 0) is 0 Å². The minimum absolute atomic E-state index is 0.130. The summed E-state index contributed by atoms with van der Waals surface area (Å²) in [4.78, 5) is 35.1. The van der Waals surface area contributed by atoms with Crippen LogP contribution < -0.4 is 16.9 Å². The normalized spacial score (nSPS) is 10.9. The van der Waals surface area contributed by atoms with Crippen LogP contribution in [0.3, 0.4) is 0 Å². The van der Waals surface area contributed by atoms with E-state index in [0.717, 1.165) is 0 Å². The lowest BCUT2D eigenvalue weighted by molar-refractivity contribution is 0.0992. The first-order valence-corrected chi connectivity index (χ1v) is 6.08. The first-order valence-electron chi connectivity index (χ1n) is 6.08. The number of hydrogen-bond donors (Lipinski definition) is 2. The SMILES string of the molecule is NC(=O)c1ccc2oc3c(C(N)=O)cccc3c(=O)c2c1. The minimum Gasteiger partial charge on any atom is -0.455 e. The van der Waals surface area contributed by atoms with Crippen LogP contribution in [0.2, 0.25) is 0 Å². The van der Waals surface area contributed by atoms with E-state index in [9.17, 15) is 14.4 Å². The molecule has 3 aromatic rings. The molecule has 104 valence electrons. The van der Waals surface area contributed by atoms with Crippen molar-refractivity contribution in [3.8, 4) is 0 Å². The highest BCUT2D eigenvalue weighted by atomic mass is 16.3. The summed E-state index contributed by atoms with van der Waals surface area (Å²) in [5.41, 5.74) is 10.9. The number of nitrogens with two attached hydrogens (primary N) is 2. The van der Waals surface area contributed by atoms with E-state index in [1.807, 2.05) is 0 Å². The zero-order valence-corrected chi connectivity index (χ0v) is 10.8. The lowest BCUT2D eigenvalue weighted by Crippen LogP contribution is -2.14. The van der Waals surface area contributed by atoms with Crippen LogP contribution in [0.25, 0.3) is 21.9 Å². The molecule has 0 saturated carbocycles. The molecule has 0 bridgehead atoms. The number of para-hydroxylation sites is 1. The van der Waals surface area contributed by atoms with E-state index in [1.165, 1.54) is 30.3 Å². The maximum absolute atomic E-state index is 12.5. The standard InChI is InChI=1S/C15H10N2O4/c16-14(19)7-4-5-11-10(6-7)12(18)8-2-1-3-9(15(17)20)13(8)21-11/h1-6H,(H2,16,19)(H2,17,20). The average Bonchev–Trinajstić information content (AvgIpc) is 2.46. The van der Waals surface area contributed by atoms with Crippen LogP contribution in [0.5, 0.6) is 0 Å². The fourth-order valence-corrected chi connectivity index (χ4v) is 2.22. The molecule has 1 heterocycles. The Morgan fingerprint density at radius 1 is 0.952 bits per heavy atom. The van der Waals surface area contributed by atoms with Gasteiger partial charge in [-0.2, -0.15) is 0 Å². The quantitative estimate of drug-likeness (QED) is 0.685. The molecule has 1 aromatic heterocycles. The molecule has 0 saturated heterocycles. The first-order chi connectivity index (χ1) is 9.99. The van der Waals surface area contributed by atoms with Gasteiger partial charge in [0.25, 0.3) is 5.91 Å². The number of fused-ring (bicyclic) bond motifs is 2. The van der Waals surface area contributed by atoms with Crippen molar-refractivity contribution < 1.29 is 14.0 Å². The molecule has 0 aliphatic rings. The van der Waals surface area contributed by atoms with Gasteiger partial charge in [0.1, 0.15) is 5.58 Å². The van der Waals surface area contributed by atoms with Crippen LogP contribution in [0.4, 0.5) is 0 Å². The van der Waals surface area contributed by atoms with Crippen LogP contribution in [0, 0.1) is 0 Å². The molecule has 0 atom stereocenters. The summed E-state index contributed by atoms with van der Waals surface area (Å²) in [6, 6.07) is 8.85. The number of amides is 2. The van der Waals surface area contributed by atoms with Crippen molar-refractivity contribution in [2.24, 2.45) is 11.5 Å². The third-order valence-electron chi connectivity index (χ3n) is 3.25. The number of carbonyl (C=O) groups excluding carboxylic acids is 2. The summed E-state index contributed by atoms with van der Waals surface area (Å²) in [5, 5.41) is 0.445. The van der Waals surface area contributed by atoms with Crippen molar-refractivity contribution in [2.45, 2.75) is 0 Å². The second-order valence-electron chi connectivity index (χ2n) is 4.55. The molecule has 6 heteroatoms. The average molecular weight is 282 g/mol. The monoisotopic (exact) mass is 282 g/mol. The van der Waals surface area contributed by atoms with Gasteiger partial charge >= 0.3 is 0 Å². The topological polar surface area (TPSA) is 116 Å². The first kappa shape index (κ1) is 12.9. The van der Waals surface area contributed by atoms with Crippen molar-refractivity contribution >= 4 is 33.8 Å². The van der Waals surface area contributed by atoms with Gasteiger partial charge in [-0.3, -0.25) is 14.4 Å². The van der Waals surface area contributed by atoms with Crippen molar-refractivity contribution in [2.75, 3.05) is 0 Å². The predicted molar refractivity (Wildman–Crippen MR) is 77.0 cm³/mol. The highest BCUT2D eigenvalue weighted by Crippen LogP contribution is 2.22. The molecule has 0 fully saturated rings. The molecular weight excluding hydrogens is 272 g/mol. The Kier molecular flexibility index (Phi) is 2.72. The summed E-state index contributed by atoms with van der Waals surface area (Å²) >= 11 is 0. The van der Waals surface area contributed by atoms with Gasteiger partial charge in [0.2, 0.25) is 11.3 Å². The van der Waals surface area contributed by atoms with E-state index in [1.54, 1.807) is 6.07 Å². The van der Waals surface area contributed by atoms with E-state index in [4.69, 9.17) is 15.9 Å². The lowest BCUT2D eigenvalue weighted by atomic mass is 10.1. The molecule has 3 rings (SSSR count). The van der Waals surface area contributed by atoms with Gasteiger partial charge in [-0.1, -0.05) is 6.07 Å². The Morgan fingerprint density at radius 3 is 2.38 bits per heavy atom. The van der Waals surface area contributed by atoms with Gasteiger partial charge in [0.05, 0.1) is 16.3 Å². The zero-order valence-electron chi connectivity index (χ0n) is 10.8. The van der Waals surface area contributed by atoms with Gasteiger partial charge in [0, 0.05) is 5.56 Å². The maximum atomic E-state index is 12.5. The number of primary amides is 2. The van der Waals surface area contributed by atoms with Crippen LogP contribution in [0.15, 0.2) is 45.6 Å². The summed E-state index contributed by atoms with van der Waals surface area (Å²) < 4.78 is 5.60.